The van der Waals surface area contributed by atoms with E-state index in [2.05, 4.69) is 26.2 Å². The maximum absolute atomic E-state index is 11.9. The quantitative estimate of drug-likeness (QED) is 0.695. The van der Waals surface area contributed by atoms with Crippen LogP contribution in [-0.2, 0) is 0 Å². The fourth-order valence-corrected chi connectivity index (χ4v) is 1.76. The summed E-state index contributed by atoms with van der Waals surface area (Å²) in [6.45, 7) is 0. The van der Waals surface area contributed by atoms with Crippen LogP contribution in [0.1, 0.15) is 10.4 Å². The molecule has 2 rings (SSSR count). The predicted octanol–water partition coefficient (Wildman–Crippen LogP) is 3.00. The molecule has 1 aromatic carbocycles. The van der Waals surface area contributed by atoms with Gasteiger partial charge in [0.1, 0.15) is 0 Å². The molecule has 1 heterocycles. The van der Waals surface area contributed by atoms with Crippen LogP contribution in [0, 0.1) is 10.1 Å². The molecular weight excluding hydrogens is 314 g/mol. The lowest BCUT2D eigenvalue weighted by atomic mass is 10.2. The molecule has 0 aliphatic carbocycles. The van der Waals surface area contributed by atoms with Crippen molar-refractivity contribution >= 4 is 33.2 Å². The Labute approximate surface area is 116 Å². The molecule has 0 fully saturated rings. The van der Waals surface area contributed by atoms with E-state index in [0.717, 1.165) is 0 Å². The number of anilines is 1. The van der Waals surface area contributed by atoms with Gasteiger partial charge in [-0.05, 0) is 34.1 Å². The van der Waals surface area contributed by atoms with Crippen LogP contribution in [0.15, 0.2) is 47.2 Å². The molecule has 1 N–H and O–H groups in total. The number of hydrogen-bond acceptors (Lipinski definition) is 4. The maximum atomic E-state index is 11.9. The Morgan fingerprint density at radius 2 is 1.95 bits per heavy atom. The molecule has 96 valence electrons. The number of amides is 1. The molecule has 6 nitrogen and oxygen atoms in total. The molecule has 0 saturated heterocycles. The fourth-order valence-electron chi connectivity index (χ4n) is 1.41. The summed E-state index contributed by atoms with van der Waals surface area (Å²) in [4.78, 5) is 25.8. The molecule has 1 amide bonds. The first-order valence-electron chi connectivity index (χ1n) is 5.23. The smallest absolute Gasteiger partial charge is 0.269 e. The molecule has 1 aromatic heterocycles. The first-order chi connectivity index (χ1) is 9.08. The van der Waals surface area contributed by atoms with Gasteiger partial charge >= 0.3 is 0 Å². The van der Waals surface area contributed by atoms with E-state index >= 15 is 0 Å². The lowest BCUT2D eigenvalue weighted by Gasteiger charge is -2.06. The molecule has 0 saturated carbocycles. The number of halogens is 1. The number of rotatable bonds is 3. The predicted molar refractivity (Wildman–Crippen MR) is 73.0 cm³/mol. The average molecular weight is 322 g/mol. The molecule has 0 unspecified atom stereocenters. The van der Waals surface area contributed by atoms with Crippen molar-refractivity contribution in [3.63, 3.8) is 0 Å². The van der Waals surface area contributed by atoms with Gasteiger partial charge in [0.25, 0.3) is 11.6 Å². The van der Waals surface area contributed by atoms with Gasteiger partial charge in [-0.3, -0.25) is 19.9 Å². The van der Waals surface area contributed by atoms with Gasteiger partial charge in [0.2, 0.25) is 0 Å². The van der Waals surface area contributed by atoms with Crippen LogP contribution < -0.4 is 5.32 Å². The molecule has 0 aliphatic rings. The summed E-state index contributed by atoms with van der Waals surface area (Å²) in [6.07, 6.45) is 3.11. The number of carbonyl (C=O) groups is 1. The van der Waals surface area contributed by atoms with Gasteiger partial charge in [0.15, 0.2) is 0 Å². The second-order valence-corrected chi connectivity index (χ2v) is 4.47. The molecule has 2 aromatic rings. The van der Waals surface area contributed by atoms with Gasteiger partial charge in [0, 0.05) is 30.1 Å². The minimum absolute atomic E-state index is 0.0540. The Balaban J connectivity index is 2.16. The zero-order valence-corrected chi connectivity index (χ0v) is 11.1. The summed E-state index contributed by atoms with van der Waals surface area (Å²) in [5, 5.41) is 13.2. The number of nitrogens with one attached hydrogen (secondary N) is 1. The number of non-ortho nitro benzene ring substituents is 1. The maximum Gasteiger partial charge on any atom is 0.269 e. The van der Waals surface area contributed by atoms with Crippen molar-refractivity contribution in [2.24, 2.45) is 0 Å². The van der Waals surface area contributed by atoms with E-state index in [1.165, 1.54) is 24.3 Å². The zero-order valence-electron chi connectivity index (χ0n) is 9.54. The molecule has 19 heavy (non-hydrogen) atoms. The van der Waals surface area contributed by atoms with Crippen LogP contribution in [0.2, 0.25) is 0 Å². The summed E-state index contributed by atoms with van der Waals surface area (Å²) in [5.74, 6) is -0.346. The van der Waals surface area contributed by atoms with Crippen LogP contribution >= 0.6 is 15.9 Å². The summed E-state index contributed by atoms with van der Waals surface area (Å²) in [7, 11) is 0. The number of nitro benzene ring substituents is 1. The lowest BCUT2D eigenvalue weighted by Crippen LogP contribution is -2.12. The van der Waals surface area contributed by atoms with Crippen molar-refractivity contribution in [3.8, 4) is 0 Å². The van der Waals surface area contributed by atoms with Gasteiger partial charge < -0.3 is 5.32 Å². The monoisotopic (exact) mass is 321 g/mol. The second kappa shape index (κ2) is 5.57. The second-order valence-electron chi connectivity index (χ2n) is 3.61. The van der Waals surface area contributed by atoms with Crippen molar-refractivity contribution in [2.75, 3.05) is 5.32 Å². The summed E-state index contributed by atoms with van der Waals surface area (Å²) < 4.78 is 0.658. The van der Waals surface area contributed by atoms with Gasteiger partial charge in [0.05, 0.1) is 15.1 Å². The van der Waals surface area contributed by atoms with Crippen molar-refractivity contribution in [2.45, 2.75) is 0 Å². The third kappa shape index (κ3) is 3.14. The van der Waals surface area contributed by atoms with E-state index in [-0.39, 0.29) is 11.6 Å². The zero-order chi connectivity index (χ0) is 13.8. The molecule has 0 radical (unpaired) electrons. The number of hydrogen-bond donors (Lipinski definition) is 1. The molecule has 0 bridgehead atoms. The Morgan fingerprint density at radius 3 is 2.53 bits per heavy atom. The van der Waals surface area contributed by atoms with Crippen LogP contribution in [0.25, 0.3) is 0 Å². The van der Waals surface area contributed by atoms with E-state index in [4.69, 9.17) is 0 Å². The number of nitrogens with zero attached hydrogens (tertiary/aromatic N) is 2. The number of benzene rings is 1. The number of pyridine rings is 1. The topological polar surface area (TPSA) is 85.1 Å². The van der Waals surface area contributed by atoms with E-state index in [1.807, 2.05) is 0 Å². The van der Waals surface area contributed by atoms with Crippen LogP contribution in [0.3, 0.4) is 0 Å². The molecule has 0 aliphatic heterocycles. The Morgan fingerprint density at radius 1 is 1.26 bits per heavy atom. The molecule has 7 heteroatoms. The van der Waals surface area contributed by atoms with E-state index in [0.29, 0.717) is 15.7 Å². The van der Waals surface area contributed by atoms with E-state index in [1.54, 1.807) is 18.5 Å². The minimum Gasteiger partial charge on any atom is -0.321 e. The van der Waals surface area contributed by atoms with Crippen molar-refractivity contribution in [3.05, 3.63) is 62.9 Å². The third-order valence-corrected chi connectivity index (χ3v) is 2.99. The fraction of sp³-hybridized carbons (Fsp3) is 0. The van der Waals surface area contributed by atoms with Crippen molar-refractivity contribution in [1.82, 2.24) is 4.98 Å². The highest BCUT2D eigenvalue weighted by Gasteiger charge is 2.10. The van der Waals surface area contributed by atoms with Crippen molar-refractivity contribution in [1.29, 1.82) is 0 Å². The Kier molecular flexibility index (Phi) is 3.86. The Bertz CT molecular complexity index is 628. The lowest BCUT2D eigenvalue weighted by molar-refractivity contribution is -0.384. The summed E-state index contributed by atoms with van der Waals surface area (Å²) in [5.41, 5.74) is 0.870. The van der Waals surface area contributed by atoms with Crippen LogP contribution in [-0.4, -0.2) is 15.8 Å². The highest BCUT2D eigenvalue weighted by Crippen LogP contribution is 2.21. The highest BCUT2D eigenvalue weighted by molar-refractivity contribution is 9.10. The van der Waals surface area contributed by atoms with Gasteiger partial charge in [-0.15, -0.1) is 0 Å². The summed E-state index contributed by atoms with van der Waals surface area (Å²) in [6, 6.07) is 7.03. The van der Waals surface area contributed by atoms with E-state index in [9.17, 15) is 14.9 Å². The number of nitro groups is 1. The molecule has 0 spiro atoms. The van der Waals surface area contributed by atoms with Gasteiger partial charge in [-0.25, -0.2) is 0 Å². The normalized spacial score (nSPS) is 9.95. The average Bonchev–Trinajstić information content (AvgIpc) is 2.41. The van der Waals surface area contributed by atoms with Crippen molar-refractivity contribution < 1.29 is 9.72 Å². The minimum atomic E-state index is -0.513. The van der Waals surface area contributed by atoms with Gasteiger partial charge in [-0.2, -0.15) is 0 Å². The molecular formula is C12H8BrN3O3. The highest BCUT2D eigenvalue weighted by atomic mass is 79.9. The number of aromatic nitrogens is 1. The van der Waals surface area contributed by atoms with E-state index < -0.39 is 4.92 Å². The number of carbonyl (C=O) groups excluding carboxylic acids is 1. The van der Waals surface area contributed by atoms with Crippen LogP contribution in [0.4, 0.5) is 11.4 Å². The largest absolute Gasteiger partial charge is 0.321 e. The van der Waals surface area contributed by atoms with Crippen LogP contribution in [0.5, 0.6) is 0 Å². The first-order valence-corrected chi connectivity index (χ1v) is 6.02. The van der Waals surface area contributed by atoms with Gasteiger partial charge in [-0.1, -0.05) is 0 Å². The standard InChI is InChI=1S/C12H8BrN3O3/c13-10-7-14-6-5-11(10)15-12(17)8-1-3-9(4-2-8)16(18)19/h1-7H,(H,14,15,17). The SMILES string of the molecule is O=C(Nc1ccncc1Br)c1ccc([N+](=O)[O-])cc1. The third-order valence-electron chi connectivity index (χ3n) is 2.36. The first kappa shape index (κ1) is 13.2. The molecule has 0 atom stereocenters. The Hall–Kier alpha value is -2.28. The summed E-state index contributed by atoms with van der Waals surface area (Å²) >= 11 is 3.26.